The molecule has 27 heavy (non-hydrogen) atoms. The summed E-state index contributed by atoms with van der Waals surface area (Å²) in [6.45, 7) is 7.11. The first-order valence-corrected chi connectivity index (χ1v) is 11.5. The molecule has 0 heterocycles. The third-order valence-corrected chi connectivity index (χ3v) is 6.81. The molecule has 0 N–H and O–H groups in total. The summed E-state index contributed by atoms with van der Waals surface area (Å²) in [5.74, 6) is 0.435. The normalized spacial score (nSPS) is 14.7. The minimum Gasteiger partial charge on any atom is -1.00 e. The summed E-state index contributed by atoms with van der Waals surface area (Å²) < 4.78 is 0. The Morgan fingerprint density at radius 1 is 0.926 bits per heavy atom. The fourth-order valence-corrected chi connectivity index (χ4v) is 5.71. The van der Waals surface area contributed by atoms with Gasteiger partial charge in [-0.15, -0.1) is 6.42 Å². The summed E-state index contributed by atoms with van der Waals surface area (Å²) in [7, 11) is -0.450. The van der Waals surface area contributed by atoms with Gasteiger partial charge in [-0.2, -0.15) is 11.1 Å². The molecule has 4 rings (SSSR count). The summed E-state index contributed by atoms with van der Waals surface area (Å²) >= 11 is 0. The summed E-state index contributed by atoms with van der Waals surface area (Å²) in [6, 6.07) is 18.0. The Morgan fingerprint density at radius 2 is 1.44 bits per heavy atom. The molecular weight excluding hydrogens is 466 g/mol. The molecule has 0 unspecified atom stereocenters. The largest absolute Gasteiger partial charge is 3.00 e. The van der Waals surface area contributed by atoms with Gasteiger partial charge in [-0.05, 0) is 22.3 Å². The van der Waals surface area contributed by atoms with Crippen LogP contribution in [0.25, 0.3) is 11.1 Å². The van der Waals surface area contributed by atoms with Crippen molar-refractivity contribution in [2.45, 2.75) is 45.2 Å². The molecule has 2 aliphatic rings. The molecule has 0 aromatic heterocycles. The van der Waals surface area contributed by atoms with E-state index in [2.05, 4.69) is 74.6 Å². The van der Waals surface area contributed by atoms with Crippen molar-refractivity contribution >= 4 is 8.80 Å². The number of halogens is 2. The average molecular weight is 491 g/mol. The first-order valence-electron chi connectivity index (χ1n) is 9.04. The Bertz CT molecular complexity index is 809. The van der Waals surface area contributed by atoms with E-state index in [9.17, 15) is 0 Å². The zero-order valence-electron chi connectivity index (χ0n) is 16.1. The van der Waals surface area contributed by atoms with Crippen LogP contribution in [-0.4, -0.2) is 8.80 Å². The number of rotatable bonds is 4. The van der Waals surface area contributed by atoms with Gasteiger partial charge >= 0.3 is 26.2 Å². The van der Waals surface area contributed by atoms with E-state index < -0.39 is 8.80 Å². The van der Waals surface area contributed by atoms with Crippen molar-refractivity contribution in [2.24, 2.45) is 0 Å². The molecule has 0 saturated carbocycles. The van der Waals surface area contributed by atoms with Gasteiger partial charge in [-0.1, -0.05) is 81.4 Å². The van der Waals surface area contributed by atoms with Crippen molar-refractivity contribution < 1.29 is 51.0 Å². The van der Waals surface area contributed by atoms with Crippen molar-refractivity contribution in [3.05, 3.63) is 82.1 Å². The van der Waals surface area contributed by atoms with Crippen LogP contribution in [0.15, 0.2) is 64.9 Å². The molecular formula is C23H24Cl2SiZr. The maximum atomic E-state index is 3.77. The number of hydrogen-bond acceptors (Lipinski definition) is 0. The molecule has 0 aliphatic heterocycles. The number of hydrogen-bond donors (Lipinski definition) is 0. The van der Waals surface area contributed by atoms with Gasteiger partial charge in [-0.25, -0.2) is 5.20 Å². The molecule has 2 radical (unpaired) electrons. The molecule has 0 saturated heterocycles. The summed E-state index contributed by atoms with van der Waals surface area (Å²) in [5, 5.41) is 1.57. The van der Waals surface area contributed by atoms with Gasteiger partial charge in [-0.3, -0.25) is 6.08 Å². The number of fused-ring (bicyclic) bond motifs is 3. The van der Waals surface area contributed by atoms with Crippen molar-refractivity contribution in [1.82, 2.24) is 0 Å². The van der Waals surface area contributed by atoms with Crippen LogP contribution in [0.2, 0.25) is 13.1 Å². The van der Waals surface area contributed by atoms with Crippen molar-refractivity contribution in [2.75, 3.05) is 0 Å². The topological polar surface area (TPSA) is 0 Å². The maximum Gasteiger partial charge on any atom is 3.00 e. The van der Waals surface area contributed by atoms with Crippen LogP contribution in [0.1, 0.15) is 43.2 Å². The van der Waals surface area contributed by atoms with E-state index >= 15 is 0 Å². The zero-order chi connectivity index (χ0) is 16.7. The third-order valence-electron chi connectivity index (χ3n) is 5.33. The standard InChI is InChI=1S/C23H24Si.2ClH.Zr/c1-4-9-18-21(14-15-22(18)24(2)3)23-19-12-7-5-10-16(19)17-11-6-8-13-20(17)23;;;/h5-8,10-13,23H,4,9,14H2,1-3H3;2*1H;/q-1;;;+3/p-2. The molecule has 2 aliphatic carbocycles. The molecule has 0 bridgehead atoms. The molecule has 2 aromatic carbocycles. The Labute approximate surface area is 197 Å². The smallest absolute Gasteiger partial charge is 1.00 e. The molecule has 0 nitrogen and oxygen atoms in total. The summed E-state index contributed by atoms with van der Waals surface area (Å²) in [5.41, 5.74) is 9.09. The van der Waals surface area contributed by atoms with Crippen LogP contribution in [0.5, 0.6) is 0 Å². The van der Waals surface area contributed by atoms with Crippen LogP contribution in [-0.2, 0) is 26.2 Å². The van der Waals surface area contributed by atoms with Gasteiger partial charge in [0.05, 0.1) is 0 Å². The Balaban J connectivity index is 0.00000121. The summed E-state index contributed by atoms with van der Waals surface area (Å²) in [4.78, 5) is 0. The third kappa shape index (κ3) is 4.30. The van der Waals surface area contributed by atoms with E-state index in [-0.39, 0.29) is 51.0 Å². The first-order chi connectivity index (χ1) is 11.7. The summed E-state index contributed by atoms with van der Waals surface area (Å²) in [6.07, 6.45) is 7.21. The predicted molar refractivity (Wildman–Crippen MR) is 105 cm³/mol. The average Bonchev–Trinajstić information content (AvgIpc) is 3.14. The van der Waals surface area contributed by atoms with Gasteiger partial charge in [0.2, 0.25) is 0 Å². The van der Waals surface area contributed by atoms with E-state index in [4.69, 9.17) is 0 Å². The molecule has 2 aromatic rings. The Hall–Kier alpha value is -0.400. The van der Waals surface area contributed by atoms with Gasteiger partial charge in [0.1, 0.15) is 0 Å². The number of allylic oxidation sites excluding steroid dienone is 4. The van der Waals surface area contributed by atoms with E-state index in [0.29, 0.717) is 5.92 Å². The van der Waals surface area contributed by atoms with Crippen LogP contribution in [0.3, 0.4) is 0 Å². The molecule has 0 amide bonds. The Morgan fingerprint density at radius 3 is 1.93 bits per heavy atom. The maximum absolute atomic E-state index is 3.77. The van der Waals surface area contributed by atoms with Crippen molar-refractivity contribution in [3.8, 4) is 11.1 Å². The number of benzene rings is 2. The second kappa shape index (κ2) is 10.4. The first kappa shape index (κ1) is 24.6. The molecule has 0 spiro atoms. The second-order valence-corrected chi connectivity index (χ2v) is 9.59. The second-order valence-electron chi connectivity index (χ2n) is 7.09. The quantitative estimate of drug-likeness (QED) is 0.428. The Kier molecular flexibility index (Phi) is 9.49. The van der Waals surface area contributed by atoms with E-state index in [1.54, 1.807) is 16.3 Å². The molecule has 0 fully saturated rings. The van der Waals surface area contributed by atoms with Crippen molar-refractivity contribution in [1.29, 1.82) is 0 Å². The zero-order valence-corrected chi connectivity index (χ0v) is 21.0. The molecule has 138 valence electrons. The molecule has 0 atom stereocenters. The molecule has 4 heteroatoms. The fourth-order valence-electron chi connectivity index (χ4n) is 4.38. The van der Waals surface area contributed by atoms with Gasteiger partial charge < -0.3 is 24.8 Å². The predicted octanol–water partition coefficient (Wildman–Crippen LogP) is 0.328. The minimum absolute atomic E-state index is 0. The van der Waals surface area contributed by atoms with Crippen LogP contribution in [0.4, 0.5) is 0 Å². The van der Waals surface area contributed by atoms with Gasteiger partial charge in [0, 0.05) is 14.7 Å². The van der Waals surface area contributed by atoms with Crippen LogP contribution in [0, 0.1) is 6.08 Å². The van der Waals surface area contributed by atoms with E-state index in [1.165, 1.54) is 35.1 Å². The fraction of sp³-hybridized carbons (Fsp3) is 0.304. The van der Waals surface area contributed by atoms with Crippen molar-refractivity contribution in [3.63, 3.8) is 0 Å². The minimum atomic E-state index is -0.450. The van der Waals surface area contributed by atoms with E-state index in [0.717, 1.165) is 6.42 Å². The van der Waals surface area contributed by atoms with Gasteiger partial charge in [0.25, 0.3) is 0 Å². The van der Waals surface area contributed by atoms with Crippen LogP contribution >= 0.6 is 0 Å². The SMILES string of the molecule is CCCC1=C(C2c3ccccc3-c3ccccc32)C[C-]=C1[Si](C)C.[Cl-].[Cl-].[Zr+3]. The van der Waals surface area contributed by atoms with E-state index in [1.807, 2.05) is 0 Å². The van der Waals surface area contributed by atoms with Gasteiger partial charge in [0.15, 0.2) is 0 Å². The van der Waals surface area contributed by atoms with Crippen LogP contribution < -0.4 is 24.8 Å². The monoisotopic (exact) mass is 488 g/mol.